The van der Waals surface area contributed by atoms with Gasteiger partial charge < -0.3 is 20.1 Å². The zero-order chi connectivity index (χ0) is 19.2. The molecule has 1 aliphatic carbocycles. The van der Waals surface area contributed by atoms with Gasteiger partial charge >= 0.3 is 0 Å². The Labute approximate surface area is 158 Å². The molecule has 0 atom stereocenters. The van der Waals surface area contributed by atoms with Gasteiger partial charge in [0.05, 0.1) is 25.5 Å². The van der Waals surface area contributed by atoms with Crippen molar-refractivity contribution >= 4 is 23.6 Å². The van der Waals surface area contributed by atoms with Gasteiger partial charge in [-0.1, -0.05) is 12.1 Å². The minimum atomic E-state index is -0.330. The van der Waals surface area contributed by atoms with Crippen LogP contribution in [0.2, 0.25) is 0 Å². The van der Waals surface area contributed by atoms with E-state index >= 15 is 0 Å². The molecule has 0 spiro atoms. The van der Waals surface area contributed by atoms with Gasteiger partial charge in [-0.15, -0.1) is 0 Å². The first-order valence-corrected chi connectivity index (χ1v) is 8.71. The van der Waals surface area contributed by atoms with Crippen molar-refractivity contribution in [2.24, 2.45) is 0 Å². The quantitative estimate of drug-likeness (QED) is 0.738. The Kier molecular flexibility index (Phi) is 5.76. The number of carbonyl (C=O) groups is 2. The minimum absolute atomic E-state index is 0.171. The predicted octanol–water partition coefficient (Wildman–Crippen LogP) is 3.25. The van der Waals surface area contributed by atoms with E-state index < -0.39 is 0 Å². The van der Waals surface area contributed by atoms with Crippen molar-refractivity contribution in [1.29, 1.82) is 0 Å². The summed E-state index contributed by atoms with van der Waals surface area (Å²) in [6.07, 6.45) is 5.08. The summed E-state index contributed by atoms with van der Waals surface area (Å²) >= 11 is 0. The first-order valence-electron chi connectivity index (χ1n) is 8.71. The second-order valence-electron chi connectivity index (χ2n) is 6.26. The third-order valence-corrected chi connectivity index (χ3v) is 4.14. The van der Waals surface area contributed by atoms with E-state index in [1.807, 2.05) is 0 Å². The molecule has 2 aromatic carbocycles. The van der Waals surface area contributed by atoms with Crippen LogP contribution in [0.25, 0.3) is 6.08 Å². The zero-order valence-corrected chi connectivity index (χ0v) is 15.3. The number of benzene rings is 2. The molecule has 0 unspecified atom stereocenters. The highest BCUT2D eigenvalue weighted by Crippen LogP contribution is 2.24. The van der Waals surface area contributed by atoms with Gasteiger partial charge in [0.15, 0.2) is 0 Å². The molecule has 0 aromatic heterocycles. The van der Waals surface area contributed by atoms with Crippen LogP contribution in [0, 0.1) is 0 Å². The number of ether oxygens (including phenoxy) is 2. The van der Waals surface area contributed by atoms with E-state index in [1.165, 1.54) is 6.08 Å². The SMILES string of the molecule is COc1cc(C=CC(=O)Nc2ccccc2C(=O)NC2CC2)cc(OC)c1. The maximum absolute atomic E-state index is 12.3. The van der Waals surface area contributed by atoms with Crippen molar-refractivity contribution in [2.45, 2.75) is 18.9 Å². The monoisotopic (exact) mass is 366 g/mol. The van der Waals surface area contributed by atoms with Crippen LogP contribution in [0.15, 0.2) is 48.5 Å². The zero-order valence-electron chi connectivity index (χ0n) is 15.3. The topological polar surface area (TPSA) is 76.7 Å². The summed E-state index contributed by atoms with van der Waals surface area (Å²) in [4.78, 5) is 24.6. The van der Waals surface area contributed by atoms with E-state index in [0.717, 1.165) is 18.4 Å². The third kappa shape index (κ3) is 5.10. The first kappa shape index (κ1) is 18.5. The van der Waals surface area contributed by atoms with Crippen LogP contribution >= 0.6 is 0 Å². The van der Waals surface area contributed by atoms with E-state index in [4.69, 9.17) is 9.47 Å². The highest BCUT2D eigenvalue weighted by molar-refractivity contribution is 6.07. The summed E-state index contributed by atoms with van der Waals surface area (Å²) in [6, 6.07) is 12.6. The molecular weight excluding hydrogens is 344 g/mol. The van der Waals surface area contributed by atoms with Crippen molar-refractivity contribution in [3.8, 4) is 11.5 Å². The Morgan fingerprint density at radius 2 is 1.70 bits per heavy atom. The molecule has 2 aromatic rings. The number of nitrogens with one attached hydrogen (secondary N) is 2. The Hall–Kier alpha value is -3.28. The fourth-order valence-electron chi connectivity index (χ4n) is 2.55. The summed E-state index contributed by atoms with van der Waals surface area (Å²) in [5, 5.41) is 5.69. The molecule has 1 saturated carbocycles. The number of anilines is 1. The lowest BCUT2D eigenvalue weighted by Crippen LogP contribution is -2.26. The molecule has 0 bridgehead atoms. The molecule has 0 aliphatic heterocycles. The molecule has 140 valence electrons. The Bertz CT molecular complexity index is 850. The number of rotatable bonds is 7. The van der Waals surface area contributed by atoms with Crippen LogP contribution in [-0.2, 0) is 4.79 Å². The van der Waals surface area contributed by atoms with Crippen LogP contribution in [0.1, 0.15) is 28.8 Å². The number of para-hydroxylation sites is 1. The van der Waals surface area contributed by atoms with Crippen molar-refractivity contribution < 1.29 is 19.1 Å². The normalized spacial score (nSPS) is 13.3. The third-order valence-electron chi connectivity index (χ3n) is 4.14. The maximum Gasteiger partial charge on any atom is 0.253 e. The maximum atomic E-state index is 12.3. The van der Waals surface area contributed by atoms with E-state index in [0.29, 0.717) is 22.7 Å². The fraction of sp³-hybridized carbons (Fsp3) is 0.238. The molecule has 1 aliphatic rings. The average molecular weight is 366 g/mol. The summed E-state index contributed by atoms with van der Waals surface area (Å²) < 4.78 is 10.4. The molecule has 6 nitrogen and oxygen atoms in total. The number of amides is 2. The molecule has 0 heterocycles. The lowest BCUT2D eigenvalue weighted by Gasteiger charge is -2.10. The van der Waals surface area contributed by atoms with Crippen molar-refractivity contribution in [1.82, 2.24) is 5.32 Å². The second kappa shape index (κ2) is 8.40. The number of methoxy groups -OCH3 is 2. The molecule has 0 radical (unpaired) electrons. The standard InChI is InChI=1S/C21H22N2O4/c1-26-16-11-14(12-17(13-16)27-2)7-10-20(24)23-19-6-4-3-5-18(19)21(25)22-15-8-9-15/h3-7,10-13,15H,8-9H2,1-2H3,(H,22,25)(H,23,24). The lowest BCUT2D eigenvalue weighted by atomic mass is 10.1. The van der Waals surface area contributed by atoms with Gasteiger partial charge in [0.25, 0.3) is 5.91 Å². The minimum Gasteiger partial charge on any atom is -0.497 e. The molecule has 3 rings (SSSR count). The van der Waals surface area contributed by atoms with Crippen molar-refractivity contribution in [3.05, 3.63) is 59.7 Å². The molecule has 2 amide bonds. The summed E-state index contributed by atoms with van der Waals surface area (Å²) in [5.41, 5.74) is 1.70. The highest BCUT2D eigenvalue weighted by Gasteiger charge is 2.24. The predicted molar refractivity (Wildman–Crippen MR) is 104 cm³/mol. The van der Waals surface area contributed by atoms with Gasteiger partial charge in [0.1, 0.15) is 11.5 Å². The number of hydrogen-bond acceptors (Lipinski definition) is 4. The van der Waals surface area contributed by atoms with Gasteiger partial charge in [-0.2, -0.15) is 0 Å². The lowest BCUT2D eigenvalue weighted by molar-refractivity contribution is -0.111. The molecule has 0 saturated heterocycles. The van der Waals surface area contributed by atoms with Gasteiger partial charge in [0.2, 0.25) is 5.91 Å². The smallest absolute Gasteiger partial charge is 0.253 e. The van der Waals surface area contributed by atoms with E-state index in [9.17, 15) is 9.59 Å². The molecule has 1 fully saturated rings. The largest absolute Gasteiger partial charge is 0.497 e. The fourth-order valence-corrected chi connectivity index (χ4v) is 2.55. The van der Waals surface area contributed by atoms with E-state index in [2.05, 4.69) is 10.6 Å². The molecule has 6 heteroatoms. The van der Waals surface area contributed by atoms with Crippen LogP contribution < -0.4 is 20.1 Å². The summed E-state index contributed by atoms with van der Waals surface area (Å²) in [7, 11) is 3.14. The van der Waals surface area contributed by atoms with Gasteiger partial charge in [0, 0.05) is 18.2 Å². The van der Waals surface area contributed by atoms with Gasteiger partial charge in [-0.3, -0.25) is 9.59 Å². The summed E-state index contributed by atoms with van der Waals surface area (Å²) in [6.45, 7) is 0. The van der Waals surface area contributed by atoms with Crippen LogP contribution in [0.5, 0.6) is 11.5 Å². The van der Waals surface area contributed by atoms with Crippen LogP contribution in [0.4, 0.5) is 5.69 Å². The van der Waals surface area contributed by atoms with E-state index in [-0.39, 0.29) is 17.9 Å². The second-order valence-corrected chi connectivity index (χ2v) is 6.26. The van der Waals surface area contributed by atoms with Crippen LogP contribution in [-0.4, -0.2) is 32.1 Å². The average Bonchev–Trinajstić information content (AvgIpc) is 3.50. The highest BCUT2D eigenvalue weighted by atomic mass is 16.5. The van der Waals surface area contributed by atoms with Crippen molar-refractivity contribution in [2.75, 3.05) is 19.5 Å². The first-order chi connectivity index (χ1) is 13.1. The molecule has 27 heavy (non-hydrogen) atoms. The molecule has 2 N–H and O–H groups in total. The Morgan fingerprint density at radius 3 is 2.33 bits per heavy atom. The Morgan fingerprint density at radius 1 is 1.04 bits per heavy atom. The summed E-state index contributed by atoms with van der Waals surface area (Å²) in [5.74, 6) is 0.770. The van der Waals surface area contributed by atoms with Crippen LogP contribution in [0.3, 0.4) is 0 Å². The van der Waals surface area contributed by atoms with Crippen molar-refractivity contribution in [3.63, 3.8) is 0 Å². The number of hydrogen-bond donors (Lipinski definition) is 2. The number of carbonyl (C=O) groups excluding carboxylic acids is 2. The Balaban J connectivity index is 1.71. The van der Waals surface area contributed by atoms with E-state index in [1.54, 1.807) is 62.8 Å². The van der Waals surface area contributed by atoms with Gasteiger partial charge in [-0.25, -0.2) is 0 Å². The van der Waals surface area contributed by atoms with Gasteiger partial charge in [-0.05, 0) is 48.7 Å². The molecular formula is C21H22N2O4.